The Bertz CT molecular complexity index is 500. The molecule has 1 aromatic rings. The minimum absolute atomic E-state index is 0.0554. The van der Waals surface area contributed by atoms with Crippen LogP contribution in [0.5, 0.6) is 0 Å². The molecular formula is C11H19N3O3S. The van der Waals surface area contributed by atoms with Gasteiger partial charge in [-0.2, -0.15) is 0 Å². The molecule has 1 unspecified atom stereocenters. The van der Waals surface area contributed by atoms with E-state index in [2.05, 4.69) is 9.71 Å². The standard InChI is InChI=1S/C11H19N3O3S/c1-3-6-11(2,15)8-14-18(16,17)9-5-4-7-13-10(9)12/h4-5,7,14-15H,3,6,8H2,1-2H3,(H2,12,13). The second kappa shape index (κ2) is 5.64. The quantitative estimate of drug-likeness (QED) is 0.699. The van der Waals surface area contributed by atoms with Crippen molar-refractivity contribution in [1.82, 2.24) is 9.71 Å². The Morgan fingerprint density at radius 1 is 1.56 bits per heavy atom. The van der Waals surface area contributed by atoms with Gasteiger partial charge in [-0.05, 0) is 25.5 Å². The summed E-state index contributed by atoms with van der Waals surface area (Å²) >= 11 is 0. The van der Waals surface area contributed by atoms with Crippen LogP contribution in [0.1, 0.15) is 26.7 Å². The molecule has 0 radical (unpaired) electrons. The smallest absolute Gasteiger partial charge is 0.244 e. The lowest BCUT2D eigenvalue weighted by Crippen LogP contribution is -2.40. The van der Waals surface area contributed by atoms with Crippen molar-refractivity contribution in [1.29, 1.82) is 0 Å². The molecule has 1 aromatic heterocycles. The molecule has 102 valence electrons. The predicted octanol–water partition coefficient (Wildman–Crippen LogP) is 0.493. The number of aliphatic hydroxyl groups is 1. The third kappa shape index (κ3) is 3.94. The van der Waals surface area contributed by atoms with E-state index in [1.54, 1.807) is 6.92 Å². The van der Waals surface area contributed by atoms with Gasteiger partial charge in [-0.15, -0.1) is 0 Å². The monoisotopic (exact) mass is 273 g/mol. The van der Waals surface area contributed by atoms with Crippen molar-refractivity contribution in [2.45, 2.75) is 37.2 Å². The van der Waals surface area contributed by atoms with Crippen molar-refractivity contribution in [3.63, 3.8) is 0 Å². The van der Waals surface area contributed by atoms with Crippen molar-refractivity contribution in [3.05, 3.63) is 18.3 Å². The van der Waals surface area contributed by atoms with Crippen molar-refractivity contribution >= 4 is 15.8 Å². The first-order chi connectivity index (χ1) is 8.28. The Morgan fingerprint density at radius 3 is 2.78 bits per heavy atom. The number of aromatic nitrogens is 1. The van der Waals surface area contributed by atoms with Gasteiger partial charge in [0.2, 0.25) is 10.0 Å². The van der Waals surface area contributed by atoms with Crippen LogP contribution >= 0.6 is 0 Å². The van der Waals surface area contributed by atoms with Crippen LogP contribution in [-0.2, 0) is 10.0 Å². The fraction of sp³-hybridized carbons (Fsp3) is 0.545. The molecule has 7 heteroatoms. The van der Waals surface area contributed by atoms with Gasteiger partial charge < -0.3 is 10.8 Å². The number of nitrogen functional groups attached to an aromatic ring is 1. The molecule has 0 amide bonds. The van der Waals surface area contributed by atoms with E-state index in [-0.39, 0.29) is 17.3 Å². The largest absolute Gasteiger partial charge is 0.389 e. The Kier molecular flexibility index (Phi) is 4.66. The van der Waals surface area contributed by atoms with E-state index in [0.717, 1.165) is 6.42 Å². The molecule has 0 aliphatic rings. The molecule has 6 nitrogen and oxygen atoms in total. The molecular weight excluding hydrogens is 254 g/mol. The summed E-state index contributed by atoms with van der Waals surface area (Å²) in [5.41, 5.74) is 4.44. The Balaban J connectivity index is 2.81. The Morgan fingerprint density at radius 2 is 2.22 bits per heavy atom. The molecule has 1 rings (SSSR count). The van der Waals surface area contributed by atoms with Gasteiger partial charge in [0.25, 0.3) is 0 Å². The zero-order valence-corrected chi connectivity index (χ0v) is 11.4. The summed E-state index contributed by atoms with van der Waals surface area (Å²) in [6, 6.07) is 2.87. The maximum absolute atomic E-state index is 12.0. The van der Waals surface area contributed by atoms with E-state index in [1.807, 2.05) is 6.92 Å². The lowest BCUT2D eigenvalue weighted by atomic mass is 10.0. The summed E-state index contributed by atoms with van der Waals surface area (Å²) in [6.45, 7) is 3.45. The van der Waals surface area contributed by atoms with E-state index in [1.165, 1.54) is 18.3 Å². The number of pyridine rings is 1. The molecule has 0 fully saturated rings. The first-order valence-corrected chi connectivity index (χ1v) is 7.19. The summed E-state index contributed by atoms with van der Waals surface area (Å²) in [4.78, 5) is 3.65. The molecule has 0 aliphatic heterocycles. The van der Waals surface area contributed by atoms with E-state index in [0.29, 0.717) is 6.42 Å². The first-order valence-electron chi connectivity index (χ1n) is 5.71. The lowest BCUT2D eigenvalue weighted by Gasteiger charge is -2.22. The first kappa shape index (κ1) is 14.9. The number of nitrogens with two attached hydrogens (primary N) is 1. The topological polar surface area (TPSA) is 105 Å². The number of rotatable bonds is 6. The molecule has 0 aromatic carbocycles. The maximum atomic E-state index is 12.0. The molecule has 4 N–H and O–H groups in total. The van der Waals surface area contributed by atoms with Crippen LogP contribution in [0.2, 0.25) is 0 Å². The maximum Gasteiger partial charge on any atom is 0.244 e. The highest BCUT2D eigenvalue weighted by molar-refractivity contribution is 7.89. The predicted molar refractivity (Wildman–Crippen MR) is 69.4 cm³/mol. The molecule has 0 saturated heterocycles. The van der Waals surface area contributed by atoms with Crippen LogP contribution in [0, 0.1) is 0 Å². The number of hydrogen-bond donors (Lipinski definition) is 3. The van der Waals surface area contributed by atoms with Gasteiger partial charge in [0.05, 0.1) is 5.60 Å². The lowest BCUT2D eigenvalue weighted by molar-refractivity contribution is 0.0554. The van der Waals surface area contributed by atoms with E-state index < -0.39 is 15.6 Å². The van der Waals surface area contributed by atoms with Crippen LogP contribution in [0.4, 0.5) is 5.82 Å². The van der Waals surface area contributed by atoms with Gasteiger partial charge in [0.1, 0.15) is 10.7 Å². The van der Waals surface area contributed by atoms with Crippen LogP contribution in [-0.4, -0.2) is 30.7 Å². The van der Waals surface area contributed by atoms with Crippen LogP contribution < -0.4 is 10.5 Å². The van der Waals surface area contributed by atoms with Gasteiger partial charge in [-0.3, -0.25) is 0 Å². The highest BCUT2D eigenvalue weighted by Gasteiger charge is 2.24. The zero-order valence-electron chi connectivity index (χ0n) is 10.5. The summed E-state index contributed by atoms with van der Waals surface area (Å²) < 4.78 is 26.3. The fourth-order valence-electron chi connectivity index (χ4n) is 1.59. The molecule has 0 spiro atoms. The minimum atomic E-state index is -3.74. The average molecular weight is 273 g/mol. The van der Waals surface area contributed by atoms with Crippen molar-refractivity contribution in [2.24, 2.45) is 0 Å². The summed E-state index contributed by atoms with van der Waals surface area (Å²) in [5, 5.41) is 9.92. The van der Waals surface area contributed by atoms with Crippen molar-refractivity contribution < 1.29 is 13.5 Å². The molecule has 1 heterocycles. The summed E-state index contributed by atoms with van der Waals surface area (Å²) in [6.07, 6.45) is 2.70. The third-order valence-corrected chi connectivity index (χ3v) is 3.97. The number of anilines is 1. The normalized spacial score (nSPS) is 15.3. The highest BCUT2D eigenvalue weighted by atomic mass is 32.2. The Labute approximate surface area is 107 Å². The van der Waals surface area contributed by atoms with Crippen molar-refractivity contribution in [2.75, 3.05) is 12.3 Å². The van der Waals surface area contributed by atoms with Crippen molar-refractivity contribution in [3.8, 4) is 0 Å². The molecule has 18 heavy (non-hydrogen) atoms. The van der Waals surface area contributed by atoms with Gasteiger partial charge in [-0.25, -0.2) is 18.1 Å². The Hall–Kier alpha value is -1.18. The number of nitrogens with one attached hydrogen (secondary N) is 1. The zero-order chi connectivity index (χ0) is 13.8. The average Bonchev–Trinajstić information content (AvgIpc) is 2.27. The highest BCUT2D eigenvalue weighted by Crippen LogP contribution is 2.16. The van der Waals surface area contributed by atoms with Gasteiger partial charge >= 0.3 is 0 Å². The molecule has 0 saturated carbocycles. The van der Waals surface area contributed by atoms with E-state index in [9.17, 15) is 13.5 Å². The number of sulfonamides is 1. The summed E-state index contributed by atoms with van der Waals surface area (Å²) in [7, 11) is -3.74. The third-order valence-electron chi connectivity index (χ3n) is 2.52. The fourth-order valence-corrected chi connectivity index (χ4v) is 2.83. The second-order valence-corrected chi connectivity index (χ2v) is 6.19. The van der Waals surface area contributed by atoms with Crippen LogP contribution in [0.15, 0.2) is 23.2 Å². The SMILES string of the molecule is CCCC(C)(O)CNS(=O)(=O)c1cccnc1N. The number of nitrogens with zero attached hydrogens (tertiary/aromatic N) is 1. The number of hydrogen-bond acceptors (Lipinski definition) is 5. The molecule has 1 atom stereocenters. The summed E-state index contributed by atoms with van der Waals surface area (Å²) in [5.74, 6) is -0.0554. The van der Waals surface area contributed by atoms with E-state index in [4.69, 9.17) is 5.73 Å². The van der Waals surface area contributed by atoms with Gasteiger partial charge in [-0.1, -0.05) is 13.3 Å². The molecule has 0 bridgehead atoms. The van der Waals surface area contributed by atoms with Gasteiger partial charge in [0.15, 0.2) is 0 Å². The second-order valence-electron chi connectivity index (χ2n) is 4.46. The molecule has 0 aliphatic carbocycles. The van der Waals surface area contributed by atoms with Gasteiger partial charge in [0, 0.05) is 12.7 Å². The van der Waals surface area contributed by atoms with E-state index >= 15 is 0 Å². The minimum Gasteiger partial charge on any atom is -0.389 e. The van der Waals surface area contributed by atoms with Crippen LogP contribution in [0.25, 0.3) is 0 Å². The van der Waals surface area contributed by atoms with Crippen LogP contribution in [0.3, 0.4) is 0 Å².